The summed E-state index contributed by atoms with van der Waals surface area (Å²) >= 11 is 1.43. The second-order valence-electron chi connectivity index (χ2n) is 5.77. The minimum absolute atomic E-state index is 0.0603. The highest BCUT2D eigenvalue weighted by atomic mass is 32.1. The molecule has 3 N–H and O–H groups in total. The maximum atomic E-state index is 12.5. The highest BCUT2D eigenvalue weighted by Crippen LogP contribution is 2.39. The molecule has 0 bridgehead atoms. The Morgan fingerprint density at radius 3 is 2.90 bits per heavy atom. The molecule has 2 atom stereocenters. The highest BCUT2D eigenvalue weighted by molar-refractivity contribution is 7.21. The Morgan fingerprint density at radius 2 is 2.24 bits per heavy atom. The van der Waals surface area contributed by atoms with Crippen molar-refractivity contribution in [2.75, 3.05) is 12.8 Å². The third-order valence-electron chi connectivity index (χ3n) is 4.17. The van der Waals surface area contributed by atoms with Crippen LogP contribution in [-0.4, -0.2) is 19.1 Å². The van der Waals surface area contributed by atoms with Gasteiger partial charge in [-0.2, -0.15) is 0 Å². The van der Waals surface area contributed by atoms with E-state index in [9.17, 15) is 4.79 Å². The summed E-state index contributed by atoms with van der Waals surface area (Å²) < 4.78 is 6.33. The molecule has 1 amide bonds. The van der Waals surface area contributed by atoms with E-state index in [0.717, 1.165) is 28.7 Å². The minimum Gasteiger partial charge on any atom is -0.496 e. The van der Waals surface area contributed by atoms with Crippen LogP contribution < -0.4 is 15.8 Å². The van der Waals surface area contributed by atoms with Gasteiger partial charge in [0.2, 0.25) is 0 Å². The summed E-state index contributed by atoms with van der Waals surface area (Å²) in [6, 6.07) is 6.02. The third kappa shape index (κ3) is 2.58. The lowest BCUT2D eigenvalue weighted by atomic mass is 10.1. The molecular weight excluding hydrogens is 284 g/mol. The number of hydrogen-bond acceptors (Lipinski definition) is 4. The Morgan fingerprint density at radius 1 is 1.43 bits per heavy atom. The van der Waals surface area contributed by atoms with E-state index in [4.69, 9.17) is 10.5 Å². The van der Waals surface area contributed by atoms with E-state index in [0.29, 0.717) is 16.5 Å². The third-order valence-corrected chi connectivity index (χ3v) is 5.34. The van der Waals surface area contributed by atoms with Gasteiger partial charge in [-0.25, -0.2) is 0 Å². The summed E-state index contributed by atoms with van der Waals surface area (Å²) in [5.41, 5.74) is 6.71. The molecule has 1 aliphatic rings. The van der Waals surface area contributed by atoms with Gasteiger partial charge in [0.15, 0.2) is 0 Å². The second-order valence-corrected chi connectivity index (χ2v) is 6.82. The van der Waals surface area contributed by atoms with Gasteiger partial charge >= 0.3 is 0 Å². The predicted octanol–water partition coefficient (Wildman–Crippen LogP) is 3.41. The Hall–Kier alpha value is -1.75. The van der Waals surface area contributed by atoms with Crippen molar-refractivity contribution in [3.63, 3.8) is 0 Å². The highest BCUT2D eigenvalue weighted by Gasteiger charge is 2.25. The van der Waals surface area contributed by atoms with Gasteiger partial charge in [0, 0.05) is 10.7 Å². The van der Waals surface area contributed by atoms with E-state index >= 15 is 0 Å². The van der Waals surface area contributed by atoms with Crippen molar-refractivity contribution in [2.45, 2.75) is 32.2 Å². The largest absolute Gasteiger partial charge is 0.496 e. The van der Waals surface area contributed by atoms with E-state index in [1.54, 1.807) is 7.11 Å². The normalized spacial score (nSPS) is 21.6. The van der Waals surface area contributed by atoms with Crippen LogP contribution in [0.15, 0.2) is 18.2 Å². The Labute approximate surface area is 128 Å². The fourth-order valence-corrected chi connectivity index (χ4v) is 4.11. The number of nitrogens with one attached hydrogen (secondary N) is 1. The number of methoxy groups -OCH3 is 1. The van der Waals surface area contributed by atoms with E-state index < -0.39 is 0 Å². The quantitative estimate of drug-likeness (QED) is 0.913. The minimum atomic E-state index is -0.0603. The molecule has 1 aliphatic carbocycles. The lowest BCUT2D eigenvalue weighted by Gasteiger charge is -2.11. The van der Waals surface area contributed by atoms with Crippen molar-refractivity contribution in [2.24, 2.45) is 5.92 Å². The van der Waals surface area contributed by atoms with Crippen LogP contribution in [0.5, 0.6) is 5.75 Å². The topological polar surface area (TPSA) is 64.3 Å². The summed E-state index contributed by atoms with van der Waals surface area (Å²) in [5, 5.41) is 3.96. The van der Waals surface area contributed by atoms with Crippen LogP contribution in [0, 0.1) is 5.92 Å². The monoisotopic (exact) mass is 304 g/mol. The summed E-state index contributed by atoms with van der Waals surface area (Å²) in [7, 11) is 1.62. The van der Waals surface area contributed by atoms with E-state index in [-0.39, 0.29) is 11.9 Å². The maximum absolute atomic E-state index is 12.5. The van der Waals surface area contributed by atoms with Gasteiger partial charge in [0.25, 0.3) is 5.91 Å². The Balaban J connectivity index is 1.90. The number of fused-ring (bicyclic) bond motifs is 1. The molecule has 5 heteroatoms. The Kier molecular flexibility index (Phi) is 3.76. The standard InChI is InChI=1S/C16H20N2O2S/c1-9-6-7-10(8-9)18-16(19)15-14(17)13-11(20-2)4-3-5-12(13)21-15/h3-5,9-10H,6-8,17H2,1-2H3,(H,18,19). The molecule has 2 aromatic rings. The number of ether oxygens (including phenoxy) is 1. The molecule has 4 nitrogen and oxygen atoms in total. The number of amides is 1. The molecule has 1 aromatic heterocycles. The first-order chi connectivity index (χ1) is 10.1. The predicted molar refractivity (Wildman–Crippen MR) is 87.1 cm³/mol. The van der Waals surface area contributed by atoms with E-state index in [1.165, 1.54) is 17.8 Å². The Bertz CT molecular complexity index is 680. The first-order valence-electron chi connectivity index (χ1n) is 7.26. The number of nitrogens with two attached hydrogens (primary N) is 1. The summed E-state index contributed by atoms with van der Waals surface area (Å²) in [6.07, 6.45) is 3.29. The zero-order valence-corrected chi connectivity index (χ0v) is 13.1. The van der Waals surface area contributed by atoms with Crippen molar-refractivity contribution in [3.05, 3.63) is 23.1 Å². The molecule has 0 spiro atoms. The van der Waals surface area contributed by atoms with Crippen molar-refractivity contribution in [3.8, 4) is 5.75 Å². The number of benzene rings is 1. The molecule has 3 rings (SSSR count). The maximum Gasteiger partial charge on any atom is 0.263 e. The van der Waals surface area contributed by atoms with Gasteiger partial charge in [0.05, 0.1) is 18.2 Å². The van der Waals surface area contributed by atoms with Crippen molar-refractivity contribution in [1.82, 2.24) is 5.32 Å². The fraction of sp³-hybridized carbons (Fsp3) is 0.438. The van der Waals surface area contributed by atoms with E-state index in [1.807, 2.05) is 18.2 Å². The molecular formula is C16H20N2O2S. The van der Waals surface area contributed by atoms with Crippen LogP contribution in [-0.2, 0) is 0 Å². The van der Waals surface area contributed by atoms with Gasteiger partial charge in [-0.1, -0.05) is 13.0 Å². The number of rotatable bonds is 3. The number of carbonyl (C=O) groups excluding carboxylic acids is 1. The molecule has 1 fully saturated rings. The van der Waals surface area contributed by atoms with Crippen molar-refractivity contribution in [1.29, 1.82) is 0 Å². The molecule has 1 saturated carbocycles. The molecule has 0 radical (unpaired) electrons. The summed E-state index contributed by atoms with van der Waals surface area (Å²) in [5.74, 6) is 1.35. The molecule has 0 saturated heterocycles. The molecule has 21 heavy (non-hydrogen) atoms. The summed E-state index contributed by atoms with van der Waals surface area (Å²) in [4.78, 5) is 13.1. The van der Waals surface area contributed by atoms with Gasteiger partial charge in [-0.05, 0) is 37.3 Å². The van der Waals surface area contributed by atoms with Gasteiger partial charge in [-0.3, -0.25) is 4.79 Å². The van der Waals surface area contributed by atoms with Gasteiger partial charge < -0.3 is 15.8 Å². The van der Waals surface area contributed by atoms with E-state index in [2.05, 4.69) is 12.2 Å². The lowest BCUT2D eigenvalue weighted by molar-refractivity contribution is 0.0942. The molecule has 0 aliphatic heterocycles. The molecule has 112 valence electrons. The number of anilines is 1. The SMILES string of the molecule is COc1cccc2sc(C(=O)NC3CCC(C)C3)c(N)c12. The van der Waals surface area contributed by atoms with Gasteiger partial charge in [-0.15, -0.1) is 11.3 Å². The molecule has 1 heterocycles. The smallest absolute Gasteiger partial charge is 0.263 e. The number of nitrogen functional groups attached to an aromatic ring is 1. The summed E-state index contributed by atoms with van der Waals surface area (Å²) in [6.45, 7) is 2.23. The fourth-order valence-electron chi connectivity index (χ4n) is 3.07. The number of carbonyl (C=O) groups is 1. The molecule has 2 unspecified atom stereocenters. The number of hydrogen-bond donors (Lipinski definition) is 2. The zero-order chi connectivity index (χ0) is 15.0. The van der Waals surface area contributed by atoms with Crippen LogP contribution in [0.4, 0.5) is 5.69 Å². The van der Waals surface area contributed by atoms with Crippen LogP contribution >= 0.6 is 11.3 Å². The zero-order valence-electron chi connectivity index (χ0n) is 12.3. The second kappa shape index (κ2) is 5.56. The average Bonchev–Trinajstić information content (AvgIpc) is 3.03. The van der Waals surface area contributed by atoms with Crippen molar-refractivity contribution >= 4 is 33.0 Å². The first-order valence-corrected chi connectivity index (χ1v) is 8.07. The van der Waals surface area contributed by atoms with Crippen LogP contribution in [0.25, 0.3) is 10.1 Å². The van der Waals surface area contributed by atoms with Crippen LogP contribution in [0.2, 0.25) is 0 Å². The number of thiophene rings is 1. The van der Waals surface area contributed by atoms with Crippen molar-refractivity contribution < 1.29 is 9.53 Å². The van der Waals surface area contributed by atoms with Crippen LogP contribution in [0.1, 0.15) is 35.9 Å². The lowest BCUT2D eigenvalue weighted by Crippen LogP contribution is -2.32. The van der Waals surface area contributed by atoms with Crippen LogP contribution in [0.3, 0.4) is 0 Å². The molecule has 1 aromatic carbocycles. The van der Waals surface area contributed by atoms with Gasteiger partial charge in [0.1, 0.15) is 10.6 Å². The average molecular weight is 304 g/mol. The first kappa shape index (κ1) is 14.2.